The highest BCUT2D eigenvalue weighted by molar-refractivity contribution is 6.32. The maximum Gasteiger partial charge on any atom is 0.320 e. The van der Waals surface area contributed by atoms with Crippen molar-refractivity contribution in [1.29, 1.82) is 0 Å². The van der Waals surface area contributed by atoms with E-state index in [1.54, 1.807) is 19.2 Å². The largest absolute Gasteiger partial charge is 0.495 e. The first-order valence-electron chi connectivity index (χ1n) is 5.75. The molecule has 2 N–H and O–H groups in total. The Morgan fingerprint density at radius 2 is 2.16 bits per heavy atom. The van der Waals surface area contributed by atoms with Gasteiger partial charge in [0.25, 0.3) is 0 Å². The second-order valence-corrected chi connectivity index (χ2v) is 4.34. The Kier molecular flexibility index (Phi) is 4.24. The van der Waals surface area contributed by atoms with Gasteiger partial charge in [-0.3, -0.25) is 0 Å². The molecule has 2 rings (SSSR count). The van der Waals surface area contributed by atoms with Crippen molar-refractivity contribution in [3.63, 3.8) is 0 Å². The first-order valence-corrected chi connectivity index (χ1v) is 6.13. The molecular weight excluding hydrogens is 268 g/mol. The van der Waals surface area contributed by atoms with E-state index in [2.05, 4.69) is 20.8 Å². The maximum absolute atomic E-state index is 6.03. The van der Waals surface area contributed by atoms with Crippen molar-refractivity contribution in [3.8, 4) is 5.75 Å². The molecule has 1 aromatic carbocycles. The highest BCUT2D eigenvalue weighted by Crippen LogP contribution is 2.28. The van der Waals surface area contributed by atoms with Crippen molar-refractivity contribution in [2.24, 2.45) is 0 Å². The van der Waals surface area contributed by atoms with Crippen LogP contribution < -0.4 is 15.4 Å². The standard InChI is InChI=1S/C12H15ClN4O2/c1-7(14-2)11-16-17-12(19-11)15-8-4-5-10(18-3)9(13)6-8/h4-7,14H,1-3H3,(H,15,17). The summed E-state index contributed by atoms with van der Waals surface area (Å²) in [4.78, 5) is 0. The van der Waals surface area contributed by atoms with E-state index in [9.17, 15) is 0 Å². The summed E-state index contributed by atoms with van der Waals surface area (Å²) in [6.07, 6.45) is 0. The molecule has 0 spiro atoms. The Hall–Kier alpha value is -1.79. The third kappa shape index (κ3) is 3.15. The van der Waals surface area contributed by atoms with Gasteiger partial charge in [-0.05, 0) is 32.2 Å². The molecule has 6 nitrogen and oxygen atoms in total. The minimum Gasteiger partial charge on any atom is -0.495 e. The quantitative estimate of drug-likeness (QED) is 0.878. The predicted molar refractivity (Wildman–Crippen MR) is 73.1 cm³/mol. The summed E-state index contributed by atoms with van der Waals surface area (Å²) in [5, 5.41) is 14.4. The number of ether oxygens (including phenoxy) is 1. The first kappa shape index (κ1) is 13.6. The Morgan fingerprint density at radius 1 is 1.37 bits per heavy atom. The fraction of sp³-hybridized carbons (Fsp3) is 0.333. The number of hydrogen-bond donors (Lipinski definition) is 2. The van der Waals surface area contributed by atoms with Crippen LogP contribution in [0.3, 0.4) is 0 Å². The number of nitrogens with one attached hydrogen (secondary N) is 2. The summed E-state index contributed by atoms with van der Waals surface area (Å²) in [6, 6.07) is 5.63. The molecule has 0 aliphatic carbocycles. The van der Waals surface area contributed by atoms with Crippen LogP contribution in [0, 0.1) is 0 Å². The third-order valence-corrected chi connectivity index (χ3v) is 2.94. The molecule has 0 aliphatic heterocycles. The van der Waals surface area contributed by atoms with Gasteiger partial charge in [-0.1, -0.05) is 16.7 Å². The number of anilines is 2. The van der Waals surface area contributed by atoms with Gasteiger partial charge in [-0.15, -0.1) is 5.10 Å². The van der Waals surface area contributed by atoms with Gasteiger partial charge in [0, 0.05) is 5.69 Å². The number of aromatic nitrogens is 2. The zero-order chi connectivity index (χ0) is 13.8. The molecule has 2 aromatic rings. The lowest BCUT2D eigenvalue weighted by Gasteiger charge is -2.06. The maximum atomic E-state index is 6.03. The van der Waals surface area contributed by atoms with Crippen LogP contribution in [0.15, 0.2) is 22.6 Å². The summed E-state index contributed by atoms with van der Waals surface area (Å²) >= 11 is 6.03. The molecule has 102 valence electrons. The second kappa shape index (κ2) is 5.90. The normalized spacial score (nSPS) is 12.2. The van der Waals surface area contributed by atoms with Crippen LogP contribution in [0.1, 0.15) is 18.9 Å². The van der Waals surface area contributed by atoms with E-state index in [-0.39, 0.29) is 6.04 Å². The topological polar surface area (TPSA) is 72.2 Å². The average molecular weight is 283 g/mol. The van der Waals surface area contributed by atoms with Crippen molar-refractivity contribution in [3.05, 3.63) is 29.1 Å². The smallest absolute Gasteiger partial charge is 0.320 e. The Balaban J connectivity index is 2.12. The molecule has 0 saturated carbocycles. The first-order chi connectivity index (χ1) is 9.13. The van der Waals surface area contributed by atoms with Crippen molar-refractivity contribution >= 4 is 23.3 Å². The van der Waals surface area contributed by atoms with Crippen LogP contribution in [0.25, 0.3) is 0 Å². The highest BCUT2D eigenvalue weighted by Gasteiger charge is 2.12. The average Bonchev–Trinajstić information content (AvgIpc) is 2.86. The molecule has 1 aromatic heterocycles. The minimum absolute atomic E-state index is 0.00232. The number of nitrogens with zero attached hydrogens (tertiary/aromatic N) is 2. The van der Waals surface area contributed by atoms with E-state index in [1.807, 2.05) is 20.0 Å². The van der Waals surface area contributed by atoms with Gasteiger partial charge in [-0.2, -0.15) is 0 Å². The number of halogens is 1. The van der Waals surface area contributed by atoms with Crippen LogP contribution in [0.2, 0.25) is 5.02 Å². The molecule has 0 bridgehead atoms. The van der Waals surface area contributed by atoms with Gasteiger partial charge in [0.05, 0.1) is 18.2 Å². The molecule has 0 saturated heterocycles. The SMILES string of the molecule is CNC(C)c1nnc(Nc2ccc(OC)c(Cl)c2)o1. The van der Waals surface area contributed by atoms with E-state index in [0.29, 0.717) is 22.7 Å². The van der Waals surface area contributed by atoms with Crippen LogP contribution in [0.4, 0.5) is 11.7 Å². The van der Waals surface area contributed by atoms with Gasteiger partial charge >= 0.3 is 6.01 Å². The molecule has 7 heteroatoms. The van der Waals surface area contributed by atoms with Gasteiger partial charge in [0.2, 0.25) is 5.89 Å². The van der Waals surface area contributed by atoms with Gasteiger partial charge < -0.3 is 19.8 Å². The Morgan fingerprint density at radius 3 is 2.79 bits per heavy atom. The lowest BCUT2D eigenvalue weighted by Crippen LogP contribution is -2.12. The van der Waals surface area contributed by atoms with Crippen molar-refractivity contribution in [2.75, 3.05) is 19.5 Å². The van der Waals surface area contributed by atoms with Crippen molar-refractivity contribution in [1.82, 2.24) is 15.5 Å². The predicted octanol–water partition coefficient (Wildman–Crippen LogP) is 2.76. The molecule has 0 amide bonds. The van der Waals surface area contributed by atoms with Gasteiger partial charge in [0.15, 0.2) is 0 Å². The van der Waals surface area contributed by atoms with E-state index in [0.717, 1.165) is 5.69 Å². The molecule has 0 aliphatic rings. The van der Waals surface area contributed by atoms with E-state index < -0.39 is 0 Å². The lowest BCUT2D eigenvalue weighted by molar-refractivity contribution is 0.415. The fourth-order valence-electron chi connectivity index (χ4n) is 1.45. The van der Waals surface area contributed by atoms with Gasteiger partial charge in [-0.25, -0.2) is 0 Å². The van der Waals surface area contributed by atoms with E-state index in [1.165, 1.54) is 0 Å². The molecule has 1 unspecified atom stereocenters. The summed E-state index contributed by atoms with van der Waals surface area (Å²) in [5.41, 5.74) is 0.748. The Bertz CT molecular complexity index is 558. The van der Waals surface area contributed by atoms with E-state index in [4.69, 9.17) is 20.8 Å². The third-order valence-electron chi connectivity index (χ3n) is 2.65. The fourth-order valence-corrected chi connectivity index (χ4v) is 1.71. The van der Waals surface area contributed by atoms with Crippen molar-refractivity contribution in [2.45, 2.75) is 13.0 Å². The van der Waals surface area contributed by atoms with E-state index >= 15 is 0 Å². The number of methoxy groups -OCH3 is 1. The number of hydrogen-bond acceptors (Lipinski definition) is 6. The van der Waals surface area contributed by atoms with Crippen LogP contribution in [-0.4, -0.2) is 24.4 Å². The zero-order valence-electron chi connectivity index (χ0n) is 10.9. The number of benzene rings is 1. The lowest BCUT2D eigenvalue weighted by atomic mass is 10.3. The molecule has 0 radical (unpaired) electrons. The van der Waals surface area contributed by atoms with Crippen molar-refractivity contribution < 1.29 is 9.15 Å². The summed E-state index contributed by atoms with van der Waals surface area (Å²) in [7, 11) is 3.39. The Labute approximate surface area is 116 Å². The summed E-state index contributed by atoms with van der Waals surface area (Å²) in [5.74, 6) is 1.13. The van der Waals surface area contributed by atoms with Gasteiger partial charge in [0.1, 0.15) is 5.75 Å². The molecule has 0 fully saturated rings. The zero-order valence-corrected chi connectivity index (χ0v) is 11.7. The second-order valence-electron chi connectivity index (χ2n) is 3.93. The molecule has 1 heterocycles. The summed E-state index contributed by atoms with van der Waals surface area (Å²) < 4.78 is 10.5. The van der Waals surface area contributed by atoms with Crippen LogP contribution in [-0.2, 0) is 0 Å². The van der Waals surface area contributed by atoms with Crippen LogP contribution in [0.5, 0.6) is 5.75 Å². The molecule has 19 heavy (non-hydrogen) atoms. The van der Waals surface area contributed by atoms with Crippen LogP contribution >= 0.6 is 11.6 Å². The highest BCUT2D eigenvalue weighted by atomic mass is 35.5. The number of rotatable bonds is 5. The summed E-state index contributed by atoms with van der Waals surface area (Å²) in [6.45, 7) is 1.93. The monoisotopic (exact) mass is 282 g/mol. The molecular formula is C12H15ClN4O2. The minimum atomic E-state index is 0.00232. The molecule has 1 atom stereocenters.